The van der Waals surface area contributed by atoms with Gasteiger partial charge < -0.3 is 10.2 Å². The molecule has 3 rings (SSSR count). The van der Waals surface area contributed by atoms with Gasteiger partial charge in [-0.25, -0.2) is 0 Å². The molecule has 0 saturated heterocycles. The number of pyridine rings is 1. The molecule has 0 spiro atoms. The third-order valence-electron chi connectivity index (χ3n) is 3.41. The van der Waals surface area contributed by atoms with Crippen LogP contribution in [0.5, 0.6) is 0 Å². The number of carbonyl (C=O) groups is 1. The Hall–Kier alpha value is -2.89. The smallest absolute Gasteiger partial charge is 0.226 e. The third kappa shape index (κ3) is 2.90. The van der Waals surface area contributed by atoms with Gasteiger partial charge in [0.2, 0.25) is 5.91 Å². The highest BCUT2D eigenvalue weighted by molar-refractivity contribution is 5.78. The van der Waals surface area contributed by atoms with Gasteiger partial charge in [-0.2, -0.15) is 0 Å². The lowest BCUT2D eigenvalue weighted by molar-refractivity contribution is -0.127. The van der Waals surface area contributed by atoms with E-state index in [-0.39, 0.29) is 5.91 Å². The van der Waals surface area contributed by atoms with Crippen molar-refractivity contribution in [3.05, 3.63) is 54.5 Å². The molecule has 0 saturated carbocycles. The number of carbonyl (C=O) groups excluding carboxylic acids is 1. The SMILES string of the molecule is CN(C)C(=O)Cc1ccc(Nc2cccn3cnnc23)cc1. The fourth-order valence-electron chi connectivity index (χ4n) is 2.14. The molecule has 0 bridgehead atoms. The average Bonchev–Trinajstić information content (AvgIpc) is 2.98. The Morgan fingerprint density at radius 3 is 2.73 bits per heavy atom. The van der Waals surface area contributed by atoms with Crippen molar-refractivity contribution >= 4 is 22.9 Å². The highest BCUT2D eigenvalue weighted by atomic mass is 16.2. The third-order valence-corrected chi connectivity index (χ3v) is 3.41. The molecule has 0 aliphatic carbocycles. The lowest BCUT2D eigenvalue weighted by atomic mass is 10.1. The van der Waals surface area contributed by atoms with E-state index in [4.69, 9.17) is 0 Å². The van der Waals surface area contributed by atoms with E-state index in [0.717, 1.165) is 22.6 Å². The molecule has 0 atom stereocenters. The summed E-state index contributed by atoms with van der Waals surface area (Å²) in [5.41, 5.74) is 3.59. The maximum atomic E-state index is 11.7. The number of anilines is 2. The number of nitrogens with one attached hydrogen (secondary N) is 1. The average molecular weight is 295 g/mol. The zero-order valence-electron chi connectivity index (χ0n) is 12.5. The molecule has 0 radical (unpaired) electrons. The van der Waals surface area contributed by atoms with Crippen LogP contribution >= 0.6 is 0 Å². The van der Waals surface area contributed by atoms with Gasteiger partial charge in [0, 0.05) is 26.0 Å². The minimum absolute atomic E-state index is 0.0916. The Bertz CT molecular complexity index is 792. The van der Waals surface area contributed by atoms with Gasteiger partial charge in [0.05, 0.1) is 12.1 Å². The van der Waals surface area contributed by atoms with E-state index in [2.05, 4.69) is 15.5 Å². The first-order valence-electron chi connectivity index (χ1n) is 6.98. The Morgan fingerprint density at radius 2 is 2.00 bits per heavy atom. The summed E-state index contributed by atoms with van der Waals surface area (Å²) in [5, 5.41) is 11.3. The number of nitrogens with zero attached hydrogens (tertiary/aromatic N) is 4. The number of benzene rings is 1. The largest absolute Gasteiger partial charge is 0.352 e. The number of amides is 1. The van der Waals surface area contributed by atoms with Crippen molar-refractivity contribution in [2.45, 2.75) is 6.42 Å². The van der Waals surface area contributed by atoms with Crippen LogP contribution in [0.2, 0.25) is 0 Å². The Balaban J connectivity index is 1.76. The summed E-state index contributed by atoms with van der Waals surface area (Å²) < 4.78 is 1.85. The van der Waals surface area contributed by atoms with E-state index < -0.39 is 0 Å². The first-order chi connectivity index (χ1) is 10.6. The maximum Gasteiger partial charge on any atom is 0.226 e. The quantitative estimate of drug-likeness (QED) is 0.800. The molecule has 2 aromatic heterocycles. The number of aromatic nitrogens is 3. The van der Waals surface area contributed by atoms with Crippen LogP contribution in [0.1, 0.15) is 5.56 Å². The molecule has 0 unspecified atom stereocenters. The molecule has 22 heavy (non-hydrogen) atoms. The van der Waals surface area contributed by atoms with Gasteiger partial charge in [0.25, 0.3) is 0 Å². The fraction of sp³-hybridized carbons (Fsp3) is 0.188. The monoisotopic (exact) mass is 295 g/mol. The summed E-state index contributed by atoms with van der Waals surface area (Å²) in [4.78, 5) is 13.3. The second kappa shape index (κ2) is 5.85. The van der Waals surface area contributed by atoms with Gasteiger partial charge in [0.1, 0.15) is 6.33 Å². The van der Waals surface area contributed by atoms with Crippen LogP contribution in [0.4, 0.5) is 11.4 Å². The molecule has 1 N–H and O–H groups in total. The molecule has 1 amide bonds. The molecule has 3 aromatic rings. The van der Waals surface area contributed by atoms with E-state index in [1.54, 1.807) is 25.3 Å². The second-order valence-electron chi connectivity index (χ2n) is 5.27. The topological polar surface area (TPSA) is 62.5 Å². The van der Waals surface area contributed by atoms with Crippen LogP contribution in [-0.4, -0.2) is 39.5 Å². The van der Waals surface area contributed by atoms with Gasteiger partial charge >= 0.3 is 0 Å². The fourth-order valence-corrected chi connectivity index (χ4v) is 2.14. The molecule has 6 heteroatoms. The summed E-state index contributed by atoms with van der Waals surface area (Å²) in [6, 6.07) is 11.7. The zero-order valence-corrected chi connectivity index (χ0v) is 12.5. The molecule has 0 aliphatic rings. The summed E-state index contributed by atoms with van der Waals surface area (Å²) in [5.74, 6) is 0.0916. The van der Waals surface area contributed by atoms with Crippen molar-refractivity contribution in [3.63, 3.8) is 0 Å². The van der Waals surface area contributed by atoms with E-state index in [1.165, 1.54) is 0 Å². The van der Waals surface area contributed by atoms with E-state index in [1.807, 2.05) is 47.0 Å². The summed E-state index contributed by atoms with van der Waals surface area (Å²) in [6.45, 7) is 0. The number of hydrogen-bond donors (Lipinski definition) is 1. The lowest BCUT2D eigenvalue weighted by Crippen LogP contribution is -2.23. The molecule has 0 fully saturated rings. The minimum Gasteiger partial charge on any atom is -0.352 e. The predicted molar refractivity (Wildman–Crippen MR) is 85.1 cm³/mol. The van der Waals surface area contributed by atoms with Gasteiger partial charge in [0.15, 0.2) is 5.65 Å². The van der Waals surface area contributed by atoms with Crippen LogP contribution in [0.3, 0.4) is 0 Å². The summed E-state index contributed by atoms with van der Waals surface area (Å²) in [6.07, 6.45) is 3.97. The number of fused-ring (bicyclic) bond motifs is 1. The molecule has 2 heterocycles. The molecular weight excluding hydrogens is 278 g/mol. The van der Waals surface area contributed by atoms with Crippen molar-refractivity contribution in [2.24, 2.45) is 0 Å². The Kier molecular flexibility index (Phi) is 3.74. The molecule has 112 valence electrons. The van der Waals surface area contributed by atoms with E-state index in [0.29, 0.717) is 6.42 Å². The second-order valence-corrected chi connectivity index (χ2v) is 5.27. The summed E-state index contributed by atoms with van der Waals surface area (Å²) >= 11 is 0. The molecule has 0 aliphatic heterocycles. The minimum atomic E-state index is 0.0916. The molecule has 6 nitrogen and oxygen atoms in total. The first-order valence-corrected chi connectivity index (χ1v) is 6.98. The standard InChI is InChI=1S/C16H17N5O/c1-20(2)15(22)10-12-5-7-13(8-6-12)18-14-4-3-9-21-11-17-19-16(14)21/h3-9,11,18H,10H2,1-2H3. The summed E-state index contributed by atoms with van der Waals surface area (Å²) in [7, 11) is 3.52. The van der Waals surface area contributed by atoms with E-state index in [9.17, 15) is 4.79 Å². The molecule has 1 aromatic carbocycles. The van der Waals surface area contributed by atoms with Crippen LogP contribution in [0.25, 0.3) is 5.65 Å². The first kappa shape index (κ1) is 14.1. The highest BCUT2D eigenvalue weighted by Crippen LogP contribution is 2.20. The van der Waals surface area contributed by atoms with Crippen molar-refractivity contribution in [3.8, 4) is 0 Å². The predicted octanol–water partition coefficient (Wildman–Crippen LogP) is 2.10. The van der Waals surface area contributed by atoms with Gasteiger partial charge in [-0.05, 0) is 29.8 Å². The van der Waals surface area contributed by atoms with Gasteiger partial charge in [-0.15, -0.1) is 10.2 Å². The van der Waals surface area contributed by atoms with Crippen molar-refractivity contribution < 1.29 is 4.79 Å². The molecular formula is C16H17N5O. The van der Waals surface area contributed by atoms with Crippen LogP contribution < -0.4 is 5.32 Å². The van der Waals surface area contributed by atoms with Crippen LogP contribution in [-0.2, 0) is 11.2 Å². The number of rotatable bonds is 4. The van der Waals surface area contributed by atoms with Gasteiger partial charge in [-0.1, -0.05) is 12.1 Å². The van der Waals surface area contributed by atoms with Crippen LogP contribution in [0.15, 0.2) is 48.9 Å². The van der Waals surface area contributed by atoms with Crippen molar-refractivity contribution in [1.29, 1.82) is 0 Å². The van der Waals surface area contributed by atoms with Gasteiger partial charge in [-0.3, -0.25) is 9.20 Å². The maximum absolute atomic E-state index is 11.7. The normalized spacial score (nSPS) is 10.6. The van der Waals surface area contributed by atoms with E-state index >= 15 is 0 Å². The van der Waals surface area contributed by atoms with Crippen molar-refractivity contribution in [1.82, 2.24) is 19.5 Å². The zero-order chi connectivity index (χ0) is 15.5. The Morgan fingerprint density at radius 1 is 1.23 bits per heavy atom. The van der Waals surface area contributed by atoms with Crippen molar-refractivity contribution in [2.75, 3.05) is 19.4 Å². The lowest BCUT2D eigenvalue weighted by Gasteiger charge is -2.11. The number of likely N-dealkylation sites (N-methyl/N-ethyl adjacent to an activating group) is 1. The van der Waals surface area contributed by atoms with Crippen LogP contribution in [0, 0.1) is 0 Å². The highest BCUT2D eigenvalue weighted by Gasteiger charge is 2.06. The number of hydrogen-bond acceptors (Lipinski definition) is 4. The Labute approximate surface area is 128 Å².